The first-order chi connectivity index (χ1) is 9.56. The standard InChI is InChI=1S/C12H13F3N2O4/c1-5-3-4-7(21-5)9-8(6(2)18)11(20,12(13,14)15)17-10(19)16-9/h3-4,8-9,20H,1-2H3,(H2,16,17,19)/t8-,9-,11+/m1/s1. The van der Waals surface area contributed by atoms with E-state index in [1.807, 2.05) is 0 Å². The van der Waals surface area contributed by atoms with E-state index in [1.165, 1.54) is 17.4 Å². The van der Waals surface area contributed by atoms with Crippen LogP contribution < -0.4 is 10.6 Å². The maximum Gasteiger partial charge on any atom is 0.437 e. The molecular weight excluding hydrogens is 293 g/mol. The molecule has 0 radical (unpaired) electrons. The third kappa shape index (κ3) is 2.48. The number of hydrogen-bond donors (Lipinski definition) is 3. The van der Waals surface area contributed by atoms with Crippen LogP contribution >= 0.6 is 0 Å². The van der Waals surface area contributed by atoms with Crippen LogP contribution in [0.1, 0.15) is 24.5 Å². The molecule has 0 bridgehead atoms. The molecule has 116 valence electrons. The predicted molar refractivity (Wildman–Crippen MR) is 63.0 cm³/mol. The van der Waals surface area contributed by atoms with Gasteiger partial charge in [0.15, 0.2) is 0 Å². The number of furan rings is 1. The summed E-state index contributed by atoms with van der Waals surface area (Å²) in [5, 5.41) is 13.5. The van der Waals surface area contributed by atoms with Crippen LogP contribution in [0, 0.1) is 12.8 Å². The van der Waals surface area contributed by atoms with Gasteiger partial charge in [-0.2, -0.15) is 13.2 Å². The van der Waals surface area contributed by atoms with Crippen molar-refractivity contribution in [1.29, 1.82) is 0 Å². The molecule has 3 atom stereocenters. The van der Waals surface area contributed by atoms with Crippen LogP contribution in [0.3, 0.4) is 0 Å². The van der Waals surface area contributed by atoms with Crippen molar-refractivity contribution in [3.8, 4) is 0 Å². The van der Waals surface area contributed by atoms with Crippen molar-refractivity contribution in [3.63, 3.8) is 0 Å². The third-order valence-corrected chi connectivity index (χ3v) is 3.31. The zero-order valence-corrected chi connectivity index (χ0v) is 11.1. The molecule has 2 rings (SSSR count). The lowest BCUT2D eigenvalue weighted by Gasteiger charge is -2.43. The second-order valence-electron chi connectivity index (χ2n) is 4.88. The van der Waals surface area contributed by atoms with Crippen molar-refractivity contribution >= 4 is 11.8 Å². The maximum absolute atomic E-state index is 13.1. The number of nitrogens with one attached hydrogen (secondary N) is 2. The molecule has 6 nitrogen and oxygen atoms in total. The summed E-state index contributed by atoms with van der Waals surface area (Å²) in [5.41, 5.74) is -3.66. The number of Topliss-reactive ketones (excluding diaryl/α,β-unsaturated/α-hetero) is 1. The summed E-state index contributed by atoms with van der Waals surface area (Å²) in [6.07, 6.45) is -5.22. The molecule has 0 unspecified atom stereocenters. The van der Waals surface area contributed by atoms with Crippen LogP contribution in [-0.2, 0) is 4.79 Å². The monoisotopic (exact) mass is 306 g/mol. The van der Waals surface area contributed by atoms with Crippen molar-refractivity contribution < 1.29 is 32.3 Å². The molecule has 0 spiro atoms. The van der Waals surface area contributed by atoms with Gasteiger partial charge < -0.3 is 20.2 Å². The van der Waals surface area contributed by atoms with Gasteiger partial charge in [-0.25, -0.2) is 4.79 Å². The molecule has 1 aromatic rings. The van der Waals surface area contributed by atoms with E-state index >= 15 is 0 Å². The van der Waals surface area contributed by atoms with E-state index in [2.05, 4.69) is 5.32 Å². The Hall–Kier alpha value is -2.03. The highest BCUT2D eigenvalue weighted by molar-refractivity contribution is 5.85. The quantitative estimate of drug-likeness (QED) is 0.770. The van der Waals surface area contributed by atoms with Gasteiger partial charge >= 0.3 is 12.2 Å². The summed E-state index contributed by atoms with van der Waals surface area (Å²) in [6, 6.07) is 0.161. The normalized spacial score (nSPS) is 29.7. The summed E-state index contributed by atoms with van der Waals surface area (Å²) in [6.45, 7) is 2.47. The van der Waals surface area contributed by atoms with Crippen LogP contribution in [0.15, 0.2) is 16.5 Å². The lowest BCUT2D eigenvalue weighted by atomic mass is 9.81. The van der Waals surface area contributed by atoms with Crippen molar-refractivity contribution in [1.82, 2.24) is 10.6 Å². The van der Waals surface area contributed by atoms with Gasteiger partial charge in [-0.15, -0.1) is 0 Å². The minimum absolute atomic E-state index is 0.0368. The van der Waals surface area contributed by atoms with E-state index in [-0.39, 0.29) is 5.76 Å². The second kappa shape index (κ2) is 4.76. The van der Waals surface area contributed by atoms with Crippen LogP contribution in [0.2, 0.25) is 0 Å². The minimum atomic E-state index is -5.22. The van der Waals surface area contributed by atoms with Crippen LogP contribution in [-0.4, -0.2) is 28.8 Å². The Kier molecular flexibility index (Phi) is 3.48. The number of urea groups is 1. The number of rotatable bonds is 2. The molecule has 2 amide bonds. The molecule has 1 aliphatic heterocycles. The number of amides is 2. The number of hydrogen-bond acceptors (Lipinski definition) is 4. The van der Waals surface area contributed by atoms with Crippen molar-refractivity contribution in [2.24, 2.45) is 5.92 Å². The number of carbonyl (C=O) groups is 2. The molecule has 0 saturated carbocycles. The fourth-order valence-electron chi connectivity index (χ4n) is 2.38. The van der Waals surface area contributed by atoms with E-state index < -0.39 is 35.7 Å². The average molecular weight is 306 g/mol. The Balaban J connectivity index is 2.53. The fourth-order valence-corrected chi connectivity index (χ4v) is 2.38. The zero-order valence-electron chi connectivity index (χ0n) is 11.1. The number of aryl methyl sites for hydroxylation is 1. The molecule has 1 aromatic heterocycles. The molecule has 1 saturated heterocycles. The second-order valence-corrected chi connectivity index (χ2v) is 4.88. The highest BCUT2D eigenvalue weighted by atomic mass is 19.4. The van der Waals surface area contributed by atoms with E-state index in [0.717, 1.165) is 6.92 Å². The van der Waals surface area contributed by atoms with E-state index in [4.69, 9.17) is 4.42 Å². The van der Waals surface area contributed by atoms with E-state index in [9.17, 15) is 27.9 Å². The van der Waals surface area contributed by atoms with Gasteiger partial charge in [0.05, 0.1) is 0 Å². The van der Waals surface area contributed by atoms with Crippen molar-refractivity contribution in [2.45, 2.75) is 31.8 Å². The summed E-state index contributed by atoms with van der Waals surface area (Å²) in [7, 11) is 0. The summed E-state index contributed by atoms with van der Waals surface area (Å²) in [4.78, 5) is 23.1. The van der Waals surface area contributed by atoms with Crippen molar-refractivity contribution in [2.75, 3.05) is 0 Å². The molecular formula is C12H13F3N2O4. The lowest BCUT2D eigenvalue weighted by molar-refractivity contribution is -0.290. The molecule has 2 heterocycles. The SMILES string of the molecule is CC(=O)[C@@H]1[C@@H](c2ccc(C)o2)NC(=O)N[C@@]1(O)C(F)(F)F. The van der Waals surface area contributed by atoms with E-state index in [1.54, 1.807) is 6.92 Å². The highest BCUT2D eigenvalue weighted by Gasteiger charge is 2.66. The van der Waals surface area contributed by atoms with E-state index in [0.29, 0.717) is 5.76 Å². The Morgan fingerprint density at radius 2 is 2.05 bits per heavy atom. The zero-order chi connectivity index (χ0) is 16.0. The molecule has 3 N–H and O–H groups in total. The highest BCUT2D eigenvalue weighted by Crippen LogP contribution is 2.42. The summed E-state index contributed by atoms with van der Waals surface area (Å²) >= 11 is 0. The van der Waals surface area contributed by atoms with Gasteiger partial charge in [-0.05, 0) is 26.0 Å². The number of halogens is 3. The number of carbonyl (C=O) groups excluding carboxylic acids is 2. The van der Waals surface area contributed by atoms with Gasteiger partial charge in [-0.3, -0.25) is 4.79 Å². The Bertz CT molecular complexity index is 583. The van der Waals surface area contributed by atoms with Crippen LogP contribution in [0.25, 0.3) is 0 Å². The van der Waals surface area contributed by atoms with Gasteiger partial charge in [0.1, 0.15) is 29.3 Å². The summed E-state index contributed by atoms with van der Waals surface area (Å²) in [5.74, 6) is -2.55. The molecule has 21 heavy (non-hydrogen) atoms. The van der Waals surface area contributed by atoms with Gasteiger partial charge in [0, 0.05) is 0 Å². The minimum Gasteiger partial charge on any atom is -0.464 e. The Morgan fingerprint density at radius 3 is 2.48 bits per heavy atom. The first kappa shape index (κ1) is 15.4. The number of aliphatic hydroxyl groups is 1. The van der Waals surface area contributed by atoms with Gasteiger partial charge in [0.2, 0.25) is 5.72 Å². The molecule has 9 heteroatoms. The Morgan fingerprint density at radius 1 is 1.43 bits per heavy atom. The first-order valence-electron chi connectivity index (χ1n) is 6.01. The van der Waals surface area contributed by atoms with Gasteiger partial charge in [-0.1, -0.05) is 0 Å². The summed E-state index contributed by atoms with van der Waals surface area (Å²) < 4.78 is 44.6. The van der Waals surface area contributed by atoms with Gasteiger partial charge in [0.25, 0.3) is 0 Å². The maximum atomic E-state index is 13.1. The van der Waals surface area contributed by atoms with Crippen LogP contribution in [0.4, 0.5) is 18.0 Å². The number of ketones is 1. The molecule has 0 aromatic carbocycles. The lowest BCUT2D eigenvalue weighted by Crippen LogP contribution is -2.72. The predicted octanol–water partition coefficient (Wildman–Crippen LogP) is 1.40. The Labute approximate surface area is 117 Å². The number of alkyl halides is 3. The topological polar surface area (TPSA) is 91.6 Å². The molecule has 1 aliphatic rings. The first-order valence-corrected chi connectivity index (χ1v) is 6.01. The third-order valence-electron chi connectivity index (χ3n) is 3.31. The fraction of sp³-hybridized carbons (Fsp3) is 0.500. The molecule has 1 fully saturated rings. The largest absolute Gasteiger partial charge is 0.464 e. The average Bonchev–Trinajstić information content (AvgIpc) is 2.72. The van der Waals surface area contributed by atoms with Crippen LogP contribution in [0.5, 0.6) is 0 Å². The molecule has 0 aliphatic carbocycles. The smallest absolute Gasteiger partial charge is 0.437 e. The van der Waals surface area contributed by atoms with Crippen molar-refractivity contribution in [3.05, 3.63) is 23.7 Å².